The zero-order chi connectivity index (χ0) is 14.3. The summed E-state index contributed by atoms with van der Waals surface area (Å²) in [4.78, 5) is 11.8. The van der Waals surface area contributed by atoms with Crippen molar-refractivity contribution in [2.75, 3.05) is 13.2 Å². The van der Waals surface area contributed by atoms with Gasteiger partial charge in [-0.15, -0.1) is 0 Å². The highest BCUT2D eigenvalue weighted by Crippen LogP contribution is 2.13. The lowest BCUT2D eigenvalue weighted by Gasteiger charge is -2.10. The van der Waals surface area contributed by atoms with E-state index in [-0.39, 0.29) is 5.91 Å². The van der Waals surface area contributed by atoms with E-state index in [2.05, 4.69) is 19.2 Å². The van der Waals surface area contributed by atoms with Crippen molar-refractivity contribution in [3.63, 3.8) is 0 Å². The second-order valence-corrected chi connectivity index (χ2v) is 5.12. The first-order valence-corrected chi connectivity index (χ1v) is 6.68. The third-order valence-corrected chi connectivity index (χ3v) is 2.55. The summed E-state index contributed by atoms with van der Waals surface area (Å²) in [6.45, 7) is 7.02. The van der Waals surface area contributed by atoms with Crippen LogP contribution in [0.5, 0.6) is 5.75 Å². The van der Waals surface area contributed by atoms with Crippen LogP contribution in [0, 0.1) is 5.92 Å². The smallest absolute Gasteiger partial charge is 0.251 e. The maximum Gasteiger partial charge on any atom is 0.251 e. The number of rotatable bonds is 7. The van der Waals surface area contributed by atoms with Crippen LogP contribution >= 0.6 is 0 Å². The molecule has 0 saturated carbocycles. The van der Waals surface area contributed by atoms with Crippen molar-refractivity contribution in [2.45, 2.75) is 33.3 Å². The first-order valence-electron chi connectivity index (χ1n) is 6.68. The summed E-state index contributed by atoms with van der Waals surface area (Å²) in [6.07, 6.45) is 0.161. The Bertz CT molecular complexity index is 385. The normalized spacial score (nSPS) is 12.3. The van der Waals surface area contributed by atoms with Crippen molar-refractivity contribution in [1.29, 1.82) is 0 Å². The van der Waals surface area contributed by atoms with Gasteiger partial charge < -0.3 is 15.2 Å². The molecular weight excluding hydrogens is 242 g/mol. The van der Waals surface area contributed by atoms with E-state index in [1.807, 2.05) is 0 Å². The van der Waals surface area contributed by atoms with Gasteiger partial charge in [0.15, 0.2) is 0 Å². The summed E-state index contributed by atoms with van der Waals surface area (Å²) < 4.78 is 5.55. The molecule has 1 aromatic carbocycles. The van der Waals surface area contributed by atoms with Gasteiger partial charge in [0.05, 0.1) is 12.7 Å². The molecule has 0 spiro atoms. The average molecular weight is 265 g/mol. The van der Waals surface area contributed by atoms with E-state index < -0.39 is 6.10 Å². The average Bonchev–Trinajstić information content (AvgIpc) is 2.36. The van der Waals surface area contributed by atoms with Crippen LogP contribution < -0.4 is 10.1 Å². The summed E-state index contributed by atoms with van der Waals surface area (Å²) in [5.74, 6) is 1.12. The summed E-state index contributed by atoms with van der Waals surface area (Å²) in [5.41, 5.74) is 0.600. The Morgan fingerprint density at radius 1 is 1.26 bits per heavy atom. The molecule has 1 aromatic rings. The summed E-state index contributed by atoms with van der Waals surface area (Å²) >= 11 is 0. The first kappa shape index (κ1) is 15.5. The molecule has 0 aliphatic carbocycles. The molecule has 19 heavy (non-hydrogen) atoms. The van der Waals surface area contributed by atoms with E-state index in [0.717, 1.165) is 5.75 Å². The molecular formula is C15H23NO3. The zero-order valence-corrected chi connectivity index (χ0v) is 11.8. The number of ether oxygens (including phenoxy) is 1. The predicted molar refractivity (Wildman–Crippen MR) is 75.4 cm³/mol. The number of amides is 1. The highest BCUT2D eigenvalue weighted by molar-refractivity contribution is 5.94. The number of hydrogen-bond donors (Lipinski definition) is 2. The van der Waals surface area contributed by atoms with Crippen LogP contribution in [0.3, 0.4) is 0 Å². The Morgan fingerprint density at radius 2 is 1.89 bits per heavy atom. The van der Waals surface area contributed by atoms with E-state index in [1.165, 1.54) is 0 Å². The largest absolute Gasteiger partial charge is 0.493 e. The molecule has 0 fully saturated rings. The van der Waals surface area contributed by atoms with Crippen LogP contribution in [0.25, 0.3) is 0 Å². The van der Waals surface area contributed by atoms with E-state index in [9.17, 15) is 4.79 Å². The highest BCUT2D eigenvalue weighted by atomic mass is 16.5. The third kappa shape index (κ3) is 6.25. The number of carbonyl (C=O) groups excluding carboxylic acids is 1. The Kier molecular flexibility index (Phi) is 6.36. The molecule has 0 saturated heterocycles. The SMILES string of the molecule is CC(C)COc1ccc(C(=O)NCCC(C)O)cc1. The molecule has 1 unspecified atom stereocenters. The fraction of sp³-hybridized carbons (Fsp3) is 0.533. The Morgan fingerprint density at radius 3 is 2.42 bits per heavy atom. The number of aliphatic hydroxyl groups is 1. The summed E-state index contributed by atoms with van der Waals surface area (Å²) in [7, 11) is 0. The minimum atomic E-state index is -0.396. The monoisotopic (exact) mass is 265 g/mol. The molecule has 0 aliphatic rings. The molecule has 1 amide bonds. The van der Waals surface area contributed by atoms with Crippen molar-refractivity contribution in [3.8, 4) is 5.75 Å². The zero-order valence-electron chi connectivity index (χ0n) is 11.8. The molecule has 0 radical (unpaired) electrons. The standard InChI is InChI=1S/C15H23NO3/c1-11(2)10-19-14-6-4-13(5-7-14)15(18)16-9-8-12(3)17/h4-7,11-12,17H,8-10H2,1-3H3,(H,16,18). The highest BCUT2D eigenvalue weighted by Gasteiger charge is 2.06. The predicted octanol–water partition coefficient (Wildman–Crippen LogP) is 2.22. The number of benzene rings is 1. The molecule has 0 heterocycles. The van der Waals surface area contributed by atoms with Crippen molar-refractivity contribution >= 4 is 5.91 Å². The number of aliphatic hydroxyl groups excluding tert-OH is 1. The van der Waals surface area contributed by atoms with Crippen LogP contribution in [0.2, 0.25) is 0 Å². The molecule has 4 heteroatoms. The van der Waals surface area contributed by atoms with Crippen molar-refractivity contribution in [1.82, 2.24) is 5.32 Å². The van der Waals surface area contributed by atoms with E-state index >= 15 is 0 Å². The van der Waals surface area contributed by atoms with Gasteiger partial charge in [-0.25, -0.2) is 0 Å². The van der Waals surface area contributed by atoms with Crippen molar-refractivity contribution in [3.05, 3.63) is 29.8 Å². The molecule has 2 N–H and O–H groups in total. The topological polar surface area (TPSA) is 58.6 Å². The molecule has 0 aliphatic heterocycles. The maximum atomic E-state index is 11.8. The van der Waals surface area contributed by atoms with Gasteiger partial charge in [0, 0.05) is 12.1 Å². The van der Waals surface area contributed by atoms with Gasteiger partial charge in [0.1, 0.15) is 5.75 Å². The molecule has 0 bridgehead atoms. The molecule has 4 nitrogen and oxygen atoms in total. The molecule has 1 atom stereocenters. The quantitative estimate of drug-likeness (QED) is 0.794. The van der Waals surface area contributed by atoms with Gasteiger partial charge in [-0.05, 0) is 43.5 Å². The van der Waals surface area contributed by atoms with Gasteiger partial charge in [-0.3, -0.25) is 4.79 Å². The number of carbonyl (C=O) groups is 1. The summed E-state index contributed by atoms with van der Waals surface area (Å²) in [6, 6.07) is 7.08. The van der Waals surface area contributed by atoms with Crippen LogP contribution in [0.4, 0.5) is 0 Å². The molecule has 106 valence electrons. The lowest BCUT2D eigenvalue weighted by molar-refractivity contribution is 0.0945. The van der Waals surface area contributed by atoms with E-state index in [4.69, 9.17) is 9.84 Å². The van der Waals surface area contributed by atoms with Crippen LogP contribution in [0.1, 0.15) is 37.6 Å². The lowest BCUT2D eigenvalue weighted by Crippen LogP contribution is -2.26. The maximum absolute atomic E-state index is 11.8. The van der Waals surface area contributed by atoms with Gasteiger partial charge in [0.25, 0.3) is 5.91 Å². The van der Waals surface area contributed by atoms with Crippen LogP contribution in [0.15, 0.2) is 24.3 Å². The van der Waals surface area contributed by atoms with Crippen LogP contribution in [-0.4, -0.2) is 30.3 Å². The minimum Gasteiger partial charge on any atom is -0.493 e. The van der Waals surface area contributed by atoms with Gasteiger partial charge in [-0.2, -0.15) is 0 Å². The van der Waals surface area contributed by atoms with Gasteiger partial charge in [-0.1, -0.05) is 13.8 Å². The molecule has 1 rings (SSSR count). The first-order chi connectivity index (χ1) is 8.99. The van der Waals surface area contributed by atoms with E-state index in [1.54, 1.807) is 31.2 Å². The Hall–Kier alpha value is -1.55. The summed E-state index contributed by atoms with van der Waals surface area (Å²) in [5, 5.41) is 11.9. The Labute approximate surface area is 114 Å². The van der Waals surface area contributed by atoms with Crippen molar-refractivity contribution < 1.29 is 14.6 Å². The fourth-order valence-electron chi connectivity index (χ4n) is 1.46. The second-order valence-electron chi connectivity index (χ2n) is 5.12. The Balaban J connectivity index is 2.44. The number of nitrogens with one attached hydrogen (secondary N) is 1. The van der Waals surface area contributed by atoms with Crippen LogP contribution in [-0.2, 0) is 0 Å². The molecule has 0 aromatic heterocycles. The van der Waals surface area contributed by atoms with Gasteiger partial charge >= 0.3 is 0 Å². The van der Waals surface area contributed by atoms with Gasteiger partial charge in [0.2, 0.25) is 0 Å². The lowest BCUT2D eigenvalue weighted by atomic mass is 10.2. The second kappa shape index (κ2) is 7.79. The minimum absolute atomic E-state index is 0.129. The number of hydrogen-bond acceptors (Lipinski definition) is 3. The van der Waals surface area contributed by atoms with E-state index in [0.29, 0.717) is 31.1 Å². The van der Waals surface area contributed by atoms with Crippen molar-refractivity contribution in [2.24, 2.45) is 5.92 Å². The fourth-order valence-corrected chi connectivity index (χ4v) is 1.46. The third-order valence-electron chi connectivity index (χ3n) is 2.55.